The summed E-state index contributed by atoms with van der Waals surface area (Å²) in [5, 5.41) is 11.8. The molecule has 0 spiro atoms. The number of para-hydroxylation sites is 1. The van der Waals surface area contributed by atoms with Gasteiger partial charge in [-0.2, -0.15) is 0 Å². The number of nitrogens with one attached hydrogen (secondary N) is 1. The molecule has 1 amide bonds. The number of amides is 1. The van der Waals surface area contributed by atoms with Crippen molar-refractivity contribution in [2.75, 3.05) is 33.4 Å². The predicted octanol–water partition coefficient (Wildman–Crippen LogP) is 2.03. The zero-order chi connectivity index (χ0) is 20.1. The summed E-state index contributed by atoms with van der Waals surface area (Å²) < 4.78 is 13.1. The maximum Gasteiger partial charge on any atom is 0.276 e. The number of nitrogens with zero attached hydrogens (tertiary/aromatic N) is 4. The van der Waals surface area contributed by atoms with E-state index < -0.39 is 0 Å². The van der Waals surface area contributed by atoms with Crippen LogP contribution >= 0.6 is 0 Å². The Kier molecular flexibility index (Phi) is 6.41. The van der Waals surface area contributed by atoms with E-state index in [0.29, 0.717) is 24.8 Å². The van der Waals surface area contributed by atoms with Crippen molar-refractivity contribution in [1.29, 1.82) is 0 Å². The second-order valence-corrected chi connectivity index (χ2v) is 7.70. The van der Waals surface area contributed by atoms with Gasteiger partial charge in [-0.25, -0.2) is 4.68 Å². The summed E-state index contributed by atoms with van der Waals surface area (Å²) in [6.45, 7) is 3.67. The summed E-state index contributed by atoms with van der Waals surface area (Å²) >= 11 is 0. The SMILES string of the molecule is COc1ccccc1CN(CC1CCCO1)C(=O)c1cn(C2CCNCC2)nn1. The molecule has 1 unspecified atom stereocenters. The van der Waals surface area contributed by atoms with Crippen LogP contribution in [-0.4, -0.2) is 65.3 Å². The number of ether oxygens (including phenoxy) is 2. The molecule has 2 fully saturated rings. The molecular weight excluding hydrogens is 370 g/mol. The summed E-state index contributed by atoms with van der Waals surface area (Å²) in [4.78, 5) is 15.1. The van der Waals surface area contributed by atoms with Crippen LogP contribution in [0, 0.1) is 0 Å². The first-order valence-corrected chi connectivity index (χ1v) is 10.4. The first kappa shape index (κ1) is 19.8. The van der Waals surface area contributed by atoms with Crippen molar-refractivity contribution in [3.63, 3.8) is 0 Å². The number of hydrogen-bond donors (Lipinski definition) is 1. The minimum absolute atomic E-state index is 0.0631. The molecule has 8 nitrogen and oxygen atoms in total. The maximum absolute atomic E-state index is 13.3. The van der Waals surface area contributed by atoms with Crippen molar-refractivity contribution in [2.45, 2.75) is 44.4 Å². The lowest BCUT2D eigenvalue weighted by Gasteiger charge is -2.25. The lowest BCUT2D eigenvalue weighted by Crippen LogP contribution is -2.37. The molecule has 3 heterocycles. The molecule has 156 valence electrons. The van der Waals surface area contributed by atoms with E-state index >= 15 is 0 Å². The normalized spacial score (nSPS) is 20.0. The Bertz CT molecular complexity index is 812. The summed E-state index contributed by atoms with van der Waals surface area (Å²) in [7, 11) is 1.65. The molecule has 1 N–H and O–H groups in total. The number of piperidine rings is 1. The van der Waals surface area contributed by atoms with E-state index in [1.54, 1.807) is 13.3 Å². The van der Waals surface area contributed by atoms with Crippen LogP contribution in [0.25, 0.3) is 0 Å². The third-order valence-electron chi connectivity index (χ3n) is 5.70. The lowest BCUT2D eigenvalue weighted by atomic mass is 10.1. The van der Waals surface area contributed by atoms with Gasteiger partial charge >= 0.3 is 0 Å². The molecule has 2 saturated heterocycles. The van der Waals surface area contributed by atoms with Crippen LogP contribution < -0.4 is 10.1 Å². The monoisotopic (exact) mass is 399 g/mol. The highest BCUT2D eigenvalue weighted by Gasteiger charge is 2.27. The van der Waals surface area contributed by atoms with Crippen molar-refractivity contribution in [1.82, 2.24) is 25.2 Å². The molecule has 29 heavy (non-hydrogen) atoms. The fourth-order valence-electron chi connectivity index (χ4n) is 4.08. The molecule has 1 aromatic carbocycles. The van der Waals surface area contributed by atoms with Crippen LogP contribution in [0.3, 0.4) is 0 Å². The van der Waals surface area contributed by atoms with Gasteiger partial charge < -0.3 is 19.7 Å². The summed E-state index contributed by atoms with van der Waals surface area (Å²) in [5.41, 5.74) is 1.35. The van der Waals surface area contributed by atoms with Crippen LogP contribution in [0.1, 0.15) is 47.8 Å². The molecule has 4 rings (SSSR count). The molecule has 2 aromatic rings. The Labute approximate surface area is 171 Å². The summed E-state index contributed by atoms with van der Waals surface area (Å²) in [6, 6.07) is 8.09. The third kappa shape index (κ3) is 4.76. The van der Waals surface area contributed by atoms with E-state index in [-0.39, 0.29) is 12.0 Å². The Morgan fingerprint density at radius 1 is 1.31 bits per heavy atom. The topological polar surface area (TPSA) is 81.5 Å². The van der Waals surface area contributed by atoms with Gasteiger partial charge in [0.2, 0.25) is 0 Å². The first-order chi connectivity index (χ1) is 14.2. The van der Waals surface area contributed by atoms with Crippen LogP contribution in [0.2, 0.25) is 0 Å². The van der Waals surface area contributed by atoms with Crippen LogP contribution in [0.15, 0.2) is 30.5 Å². The zero-order valence-corrected chi connectivity index (χ0v) is 16.9. The fraction of sp³-hybridized carbons (Fsp3) is 0.571. The van der Waals surface area contributed by atoms with Crippen molar-refractivity contribution in [2.24, 2.45) is 0 Å². The molecule has 8 heteroatoms. The molecule has 1 atom stereocenters. The van der Waals surface area contributed by atoms with Gasteiger partial charge in [-0.05, 0) is 44.8 Å². The Morgan fingerprint density at radius 2 is 2.14 bits per heavy atom. The molecule has 0 saturated carbocycles. The van der Waals surface area contributed by atoms with E-state index in [0.717, 1.165) is 56.7 Å². The molecule has 0 aliphatic carbocycles. The lowest BCUT2D eigenvalue weighted by molar-refractivity contribution is 0.0501. The quantitative estimate of drug-likeness (QED) is 0.767. The second-order valence-electron chi connectivity index (χ2n) is 7.70. The average molecular weight is 399 g/mol. The van der Waals surface area contributed by atoms with Crippen molar-refractivity contribution in [3.05, 3.63) is 41.7 Å². The van der Waals surface area contributed by atoms with Crippen molar-refractivity contribution < 1.29 is 14.3 Å². The minimum atomic E-state index is -0.119. The standard InChI is InChI=1S/C21H29N5O3/c1-28-20-7-3-2-5-16(20)13-25(14-18-6-4-12-29-18)21(27)19-15-26(24-23-19)17-8-10-22-11-9-17/h2-3,5,7,15,17-18,22H,4,6,8-14H2,1H3. The maximum atomic E-state index is 13.3. The van der Waals surface area contributed by atoms with Gasteiger partial charge in [-0.1, -0.05) is 23.4 Å². The van der Waals surface area contributed by atoms with Gasteiger partial charge in [-0.3, -0.25) is 4.79 Å². The molecular formula is C21H29N5O3. The second kappa shape index (κ2) is 9.37. The molecule has 0 radical (unpaired) electrons. The summed E-state index contributed by atoms with van der Waals surface area (Å²) in [6.07, 6.45) is 5.86. The van der Waals surface area contributed by atoms with E-state index in [1.807, 2.05) is 33.8 Å². The van der Waals surface area contributed by atoms with E-state index in [4.69, 9.17) is 9.47 Å². The van der Waals surface area contributed by atoms with Crippen LogP contribution in [-0.2, 0) is 11.3 Å². The van der Waals surface area contributed by atoms with E-state index in [1.165, 1.54) is 0 Å². The molecule has 2 aliphatic heterocycles. The van der Waals surface area contributed by atoms with Crippen molar-refractivity contribution >= 4 is 5.91 Å². The van der Waals surface area contributed by atoms with Crippen LogP contribution in [0.5, 0.6) is 5.75 Å². The molecule has 1 aromatic heterocycles. The molecule has 2 aliphatic rings. The van der Waals surface area contributed by atoms with Gasteiger partial charge in [-0.15, -0.1) is 5.10 Å². The van der Waals surface area contributed by atoms with Gasteiger partial charge in [0.1, 0.15) is 5.75 Å². The number of hydrogen-bond acceptors (Lipinski definition) is 6. The van der Waals surface area contributed by atoms with Gasteiger partial charge in [0.25, 0.3) is 5.91 Å². The largest absolute Gasteiger partial charge is 0.496 e. The highest BCUT2D eigenvalue weighted by Crippen LogP contribution is 2.23. The predicted molar refractivity (Wildman–Crippen MR) is 108 cm³/mol. The average Bonchev–Trinajstić information content (AvgIpc) is 3.46. The van der Waals surface area contributed by atoms with E-state index in [2.05, 4.69) is 15.6 Å². The highest BCUT2D eigenvalue weighted by atomic mass is 16.5. The number of aromatic nitrogens is 3. The Hall–Kier alpha value is -2.45. The molecule has 0 bridgehead atoms. The smallest absolute Gasteiger partial charge is 0.276 e. The van der Waals surface area contributed by atoms with Gasteiger partial charge in [0, 0.05) is 25.3 Å². The number of carbonyl (C=O) groups is 1. The number of benzene rings is 1. The fourth-order valence-corrected chi connectivity index (χ4v) is 4.08. The number of rotatable bonds is 7. The van der Waals surface area contributed by atoms with Crippen LogP contribution in [0.4, 0.5) is 0 Å². The Balaban J connectivity index is 1.53. The highest BCUT2D eigenvalue weighted by molar-refractivity contribution is 5.92. The zero-order valence-electron chi connectivity index (χ0n) is 16.9. The number of methoxy groups -OCH3 is 1. The number of carbonyl (C=O) groups excluding carboxylic acids is 1. The first-order valence-electron chi connectivity index (χ1n) is 10.4. The van der Waals surface area contributed by atoms with E-state index in [9.17, 15) is 4.79 Å². The summed E-state index contributed by atoms with van der Waals surface area (Å²) in [5.74, 6) is 0.655. The van der Waals surface area contributed by atoms with Gasteiger partial charge in [0.05, 0.1) is 25.5 Å². The third-order valence-corrected chi connectivity index (χ3v) is 5.70. The minimum Gasteiger partial charge on any atom is -0.496 e. The van der Waals surface area contributed by atoms with Gasteiger partial charge in [0.15, 0.2) is 5.69 Å². The Morgan fingerprint density at radius 3 is 2.90 bits per heavy atom. The van der Waals surface area contributed by atoms with Crippen molar-refractivity contribution in [3.8, 4) is 5.75 Å².